The van der Waals surface area contributed by atoms with Crippen LogP contribution in [0.3, 0.4) is 0 Å². The summed E-state index contributed by atoms with van der Waals surface area (Å²) in [5, 5.41) is 11.8. The number of carbonyl (C=O) groups excluding carboxylic acids is 1. The van der Waals surface area contributed by atoms with Crippen LogP contribution >= 0.6 is 0 Å². The van der Waals surface area contributed by atoms with Crippen molar-refractivity contribution in [2.75, 3.05) is 11.5 Å². The van der Waals surface area contributed by atoms with Crippen molar-refractivity contribution in [1.82, 2.24) is 10.3 Å². The second kappa shape index (κ2) is 4.87. The van der Waals surface area contributed by atoms with Crippen molar-refractivity contribution < 1.29 is 23.1 Å². The highest BCUT2D eigenvalue weighted by Crippen LogP contribution is 2.25. The monoisotopic (exact) mass is 314 g/mol. The van der Waals surface area contributed by atoms with Crippen LogP contribution < -0.4 is 5.32 Å². The number of aromatic amines is 1. The molecule has 1 aromatic heterocycles. The fourth-order valence-electron chi connectivity index (χ4n) is 2.75. The summed E-state index contributed by atoms with van der Waals surface area (Å²) in [5.41, 5.74) is 0.226. The number of aromatic carboxylic acids is 1. The number of sulfone groups is 1. The second-order valence-electron chi connectivity index (χ2n) is 5.79. The van der Waals surface area contributed by atoms with Crippen LogP contribution in [0, 0.1) is 13.8 Å². The molecule has 1 atom stereocenters. The van der Waals surface area contributed by atoms with Gasteiger partial charge < -0.3 is 15.4 Å². The van der Waals surface area contributed by atoms with E-state index in [4.69, 9.17) is 5.11 Å². The molecule has 0 aromatic carbocycles. The largest absolute Gasteiger partial charge is 0.477 e. The maximum atomic E-state index is 12.4. The molecular formula is C13H18N2O5S. The first-order valence-electron chi connectivity index (χ1n) is 6.50. The first kappa shape index (κ1) is 15.6. The van der Waals surface area contributed by atoms with Gasteiger partial charge in [0.05, 0.1) is 22.6 Å². The van der Waals surface area contributed by atoms with Crippen LogP contribution in [0.1, 0.15) is 45.4 Å². The molecule has 1 fully saturated rings. The molecule has 1 unspecified atom stereocenters. The first-order valence-corrected chi connectivity index (χ1v) is 8.32. The molecule has 3 N–H and O–H groups in total. The topological polar surface area (TPSA) is 116 Å². The maximum absolute atomic E-state index is 12.4. The third kappa shape index (κ3) is 2.94. The van der Waals surface area contributed by atoms with Crippen LogP contribution in [-0.2, 0) is 9.84 Å². The Bertz CT molecular complexity index is 719. The van der Waals surface area contributed by atoms with Gasteiger partial charge in [-0.15, -0.1) is 0 Å². The summed E-state index contributed by atoms with van der Waals surface area (Å²) in [6.45, 7) is 4.85. The average Bonchev–Trinajstić information content (AvgIpc) is 2.75. The Labute approximate surface area is 122 Å². The number of nitrogens with one attached hydrogen (secondary N) is 2. The van der Waals surface area contributed by atoms with Crippen molar-refractivity contribution in [3.8, 4) is 0 Å². The molecule has 21 heavy (non-hydrogen) atoms. The number of carboxylic acid groups (broad SMARTS) is 1. The molecule has 116 valence electrons. The molecule has 1 aromatic rings. The van der Waals surface area contributed by atoms with E-state index in [1.807, 2.05) is 0 Å². The molecule has 0 bridgehead atoms. The Morgan fingerprint density at radius 1 is 1.33 bits per heavy atom. The molecule has 1 aliphatic rings. The molecule has 0 saturated carbocycles. The molecule has 2 heterocycles. The third-order valence-corrected chi connectivity index (χ3v) is 5.70. The Balaban J connectivity index is 2.28. The number of H-pyrrole nitrogens is 1. The van der Waals surface area contributed by atoms with E-state index in [1.54, 1.807) is 20.8 Å². The van der Waals surface area contributed by atoms with Crippen molar-refractivity contribution in [2.24, 2.45) is 0 Å². The smallest absolute Gasteiger partial charge is 0.352 e. The van der Waals surface area contributed by atoms with Gasteiger partial charge in [0.1, 0.15) is 5.69 Å². The summed E-state index contributed by atoms with van der Waals surface area (Å²) in [4.78, 5) is 26.1. The zero-order chi connectivity index (χ0) is 16.0. The molecule has 0 aliphatic carbocycles. The molecule has 0 radical (unpaired) electrons. The summed E-state index contributed by atoms with van der Waals surface area (Å²) in [7, 11) is -3.13. The van der Waals surface area contributed by atoms with E-state index in [-0.39, 0.29) is 22.8 Å². The Morgan fingerprint density at radius 2 is 1.95 bits per heavy atom. The number of carboxylic acids is 1. The van der Waals surface area contributed by atoms with Crippen molar-refractivity contribution >= 4 is 21.7 Å². The fourth-order valence-corrected chi connectivity index (χ4v) is 4.84. The summed E-state index contributed by atoms with van der Waals surface area (Å²) < 4.78 is 23.1. The normalized spacial score (nSPS) is 24.0. The van der Waals surface area contributed by atoms with Gasteiger partial charge in [0.25, 0.3) is 5.91 Å². The van der Waals surface area contributed by atoms with Gasteiger partial charge in [0, 0.05) is 5.69 Å². The average molecular weight is 314 g/mol. The minimum absolute atomic E-state index is 0.0261. The molecule has 2 rings (SSSR count). The lowest BCUT2D eigenvalue weighted by Gasteiger charge is -2.24. The van der Waals surface area contributed by atoms with E-state index < -0.39 is 27.3 Å². The first-order chi connectivity index (χ1) is 9.55. The molecule has 1 saturated heterocycles. The molecule has 0 spiro atoms. The number of aromatic nitrogens is 1. The van der Waals surface area contributed by atoms with Crippen molar-refractivity contribution in [2.45, 2.75) is 32.7 Å². The van der Waals surface area contributed by atoms with Crippen molar-refractivity contribution in [1.29, 1.82) is 0 Å². The van der Waals surface area contributed by atoms with Gasteiger partial charge in [-0.25, -0.2) is 13.2 Å². The van der Waals surface area contributed by atoms with Gasteiger partial charge in [-0.3, -0.25) is 4.79 Å². The highest BCUT2D eigenvalue weighted by molar-refractivity contribution is 7.91. The Morgan fingerprint density at radius 3 is 2.38 bits per heavy atom. The zero-order valence-electron chi connectivity index (χ0n) is 12.1. The maximum Gasteiger partial charge on any atom is 0.352 e. The predicted molar refractivity (Wildman–Crippen MR) is 76.4 cm³/mol. The van der Waals surface area contributed by atoms with E-state index in [9.17, 15) is 18.0 Å². The van der Waals surface area contributed by atoms with Crippen LogP contribution in [0.15, 0.2) is 0 Å². The van der Waals surface area contributed by atoms with Crippen LogP contribution in [0.25, 0.3) is 0 Å². The van der Waals surface area contributed by atoms with Gasteiger partial charge >= 0.3 is 5.97 Å². The lowest BCUT2D eigenvalue weighted by molar-refractivity contribution is 0.0690. The molecule has 8 heteroatoms. The number of hydrogen-bond acceptors (Lipinski definition) is 4. The number of amides is 1. The fraction of sp³-hybridized carbons (Fsp3) is 0.538. The van der Waals surface area contributed by atoms with Crippen LogP contribution in [0.2, 0.25) is 0 Å². The Hall–Kier alpha value is -1.83. The SMILES string of the molecule is Cc1[nH]c(C(=O)O)c(C)c1C(=O)NC1(C)CCS(=O)(=O)C1. The number of hydrogen-bond donors (Lipinski definition) is 3. The van der Waals surface area contributed by atoms with E-state index in [1.165, 1.54) is 0 Å². The molecule has 7 nitrogen and oxygen atoms in total. The standard InChI is InChI=1S/C13H18N2O5S/c1-7-9(8(2)14-10(7)12(17)18)11(16)15-13(3)4-5-21(19,20)6-13/h14H,4-6H2,1-3H3,(H,15,16)(H,17,18). The summed E-state index contributed by atoms with van der Waals surface area (Å²) in [5.74, 6) is -1.63. The van der Waals surface area contributed by atoms with Crippen LogP contribution in [0.4, 0.5) is 0 Å². The van der Waals surface area contributed by atoms with Gasteiger partial charge in [0.15, 0.2) is 9.84 Å². The zero-order valence-corrected chi connectivity index (χ0v) is 12.9. The van der Waals surface area contributed by atoms with Crippen molar-refractivity contribution in [3.63, 3.8) is 0 Å². The molecule has 1 amide bonds. The van der Waals surface area contributed by atoms with Gasteiger partial charge in [-0.2, -0.15) is 0 Å². The summed E-state index contributed by atoms with van der Waals surface area (Å²) in [6.07, 6.45) is 0.357. The second-order valence-corrected chi connectivity index (χ2v) is 7.97. The van der Waals surface area contributed by atoms with Crippen molar-refractivity contribution in [3.05, 3.63) is 22.5 Å². The molecular weight excluding hydrogens is 296 g/mol. The Kier molecular flexibility index (Phi) is 3.61. The quantitative estimate of drug-likeness (QED) is 0.757. The van der Waals surface area contributed by atoms with Crippen LogP contribution in [-0.4, -0.2) is 47.4 Å². The predicted octanol–water partition coefficient (Wildman–Crippen LogP) is 0.637. The van der Waals surface area contributed by atoms with E-state index >= 15 is 0 Å². The minimum Gasteiger partial charge on any atom is -0.477 e. The van der Waals surface area contributed by atoms with Gasteiger partial charge in [-0.05, 0) is 32.8 Å². The van der Waals surface area contributed by atoms with E-state index in [2.05, 4.69) is 10.3 Å². The highest BCUT2D eigenvalue weighted by Gasteiger charge is 2.40. The summed E-state index contributed by atoms with van der Waals surface area (Å²) >= 11 is 0. The third-order valence-electron chi connectivity index (χ3n) is 3.80. The van der Waals surface area contributed by atoms with Gasteiger partial charge in [-0.1, -0.05) is 0 Å². The van der Waals surface area contributed by atoms with Crippen LogP contribution in [0.5, 0.6) is 0 Å². The highest BCUT2D eigenvalue weighted by atomic mass is 32.2. The lowest BCUT2D eigenvalue weighted by Crippen LogP contribution is -2.47. The van der Waals surface area contributed by atoms with Gasteiger partial charge in [0.2, 0.25) is 0 Å². The number of carbonyl (C=O) groups is 2. The summed E-state index contributed by atoms with van der Waals surface area (Å²) in [6, 6.07) is 0. The molecule has 1 aliphatic heterocycles. The van der Waals surface area contributed by atoms with E-state index in [0.29, 0.717) is 17.7 Å². The number of aryl methyl sites for hydroxylation is 1. The lowest BCUT2D eigenvalue weighted by atomic mass is 10.0. The minimum atomic E-state index is -3.13. The van der Waals surface area contributed by atoms with E-state index in [0.717, 1.165) is 0 Å². The number of rotatable bonds is 3.